The number of rotatable bonds is 4. The number of nitrogens with two attached hydrogens (primary N) is 1. The zero-order valence-corrected chi connectivity index (χ0v) is 13.0. The van der Waals surface area contributed by atoms with Crippen molar-refractivity contribution < 1.29 is 8.42 Å². The Labute approximate surface area is 126 Å². The summed E-state index contributed by atoms with van der Waals surface area (Å²) in [6, 6.07) is 13.8. The first-order chi connectivity index (χ1) is 8.97. The number of hydrogen-bond donors (Lipinski definition) is 2. The molecule has 100 valence electrons. The summed E-state index contributed by atoms with van der Waals surface area (Å²) < 4.78 is 27.6. The van der Waals surface area contributed by atoms with Gasteiger partial charge in [0.15, 0.2) is 0 Å². The smallest absolute Gasteiger partial charge is 0.240 e. The largest absolute Gasteiger partial charge is 0.399 e. The quantitative estimate of drug-likeness (QED) is 0.624. The Morgan fingerprint density at radius 1 is 1.00 bits per heavy atom. The summed E-state index contributed by atoms with van der Waals surface area (Å²) in [5, 5.41) is 0. The topological polar surface area (TPSA) is 72.2 Å². The van der Waals surface area contributed by atoms with Crippen LogP contribution in [0.4, 0.5) is 5.69 Å². The highest BCUT2D eigenvalue weighted by molar-refractivity contribution is 14.1. The van der Waals surface area contributed by atoms with Crippen LogP contribution in [0.15, 0.2) is 53.4 Å². The molecule has 0 amide bonds. The molecule has 0 heterocycles. The summed E-state index contributed by atoms with van der Waals surface area (Å²) in [7, 11) is -3.47. The van der Waals surface area contributed by atoms with Crippen LogP contribution < -0.4 is 10.5 Å². The van der Waals surface area contributed by atoms with E-state index in [1.807, 2.05) is 0 Å². The predicted octanol–water partition coefficient (Wildman–Crippen LogP) is 2.35. The SMILES string of the molecule is Nc1ccc(CNS(=O)(=O)c2ccc(I)cc2)cc1. The zero-order valence-electron chi connectivity index (χ0n) is 10.0. The van der Waals surface area contributed by atoms with E-state index in [0.717, 1.165) is 9.13 Å². The van der Waals surface area contributed by atoms with E-state index in [1.54, 1.807) is 48.5 Å². The molecule has 0 aliphatic carbocycles. The van der Waals surface area contributed by atoms with Crippen LogP contribution in [0.5, 0.6) is 0 Å². The van der Waals surface area contributed by atoms with Crippen LogP contribution in [-0.2, 0) is 16.6 Å². The predicted molar refractivity (Wildman–Crippen MR) is 84.0 cm³/mol. The van der Waals surface area contributed by atoms with E-state index in [0.29, 0.717) is 5.69 Å². The number of halogens is 1. The Hall–Kier alpha value is -1.12. The lowest BCUT2D eigenvalue weighted by atomic mass is 10.2. The van der Waals surface area contributed by atoms with Crippen LogP contribution >= 0.6 is 22.6 Å². The molecule has 0 aromatic heterocycles. The van der Waals surface area contributed by atoms with E-state index in [9.17, 15) is 8.42 Å². The Kier molecular flexibility index (Phi) is 4.43. The molecule has 0 saturated carbocycles. The summed E-state index contributed by atoms with van der Waals surface area (Å²) in [5.74, 6) is 0. The third-order valence-corrected chi connectivity index (χ3v) is 4.71. The van der Waals surface area contributed by atoms with Crippen LogP contribution in [0.25, 0.3) is 0 Å². The van der Waals surface area contributed by atoms with Crippen LogP contribution in [0.1, 0.15) is 5.56 Å². The lowest BCUT2D eigenvalue weighted by molar-refractivity contribution is 0.581. The summed E-state index contributed by atoms with van der Waals surface area (Å²) in [6.45, 7) is 0.245. The minimum Gasteiger partial charge on any atom is -0.399 e. The van der Waals surface area contributed by atoms with Gasteiger partial charge in [0.25, 0.3) is 0 Å². The Morgan fingerprint density at radius 2 is 1.58 bits per heavy atom. The van der Waals surface area contributed by atoms with Gasteiger partial charge < -0.3 is 5.73 Å². The maximum absolute atomic E-state index is 12.0. The van der Waals surface area contributed by atoms with Crippen LogP contribution in [0.3, 0.4) is 0 Å². The van der Waals surface area contributed by atoms with Gasteiger partial charge in [-0.1, -0.05) is 12.1 Å². The summed E-state index contributed by atoms with van der Waals surface area (Å²) in [5.41, 5.74) is 7.10. The average Bonchev–Trinajstić information content (AvgIpc) is 2.39. The second kappa shape index (κ2) is 5.89. The molecule has 6 heteroatoms. The zero-order chi connectivity index (χ0) is 13.9. The van der Waals surface area contributed by atoms with E-state index < -0.39 is 10.0 Å². The van der Waals surface area contributed by atoms with Gasteiger partial charge >= 0.3 is 0 Å². The number of nitrogen functional groups attached to an aromatic ring is 1. The molecule has 0 bridgehead atoms. The monoisotopic (exact) mass is 388 g/mol. The fourth-order valence-electron chi connectivity index (χ4n) is 1.51. The molecule has 0 aliphatic heterocycles. The Morgan fingerprint density at radius 3 is 2.16 bits per heavy atom. The summed E-state index contributed by atoms with van der Waals surface area (Å²) in [6.07, 6.45) is 0. The van der Waals surface area contributed by atoms with E-state index in [1.165, 1.54) is 0 Å². The second-order valence-corrected chi connectivity index (χ2v) is 7.03. The Bertz CT molecular complexity index is 652. The Balaban J connectivity index is 2.09. The fourth-order valence-corrected chi connectivity index (χ4v) is 2.89. The number of sulfonamides is 1. The molecule has 2 aromatic carbocycles. The van der Waals surface area contributed by atoms with Crippen molar-refractivity contribution >= 4 is 38.3 Å². The van der Waals surface area contributed by atoms with Crippen molar-refractivity contribution in [3.8, 4) is 0 Å². The molecular weight excluding hydrogens is 375 g/mol. The number of anilines is 1. The molecule has 2 rings (SSSR count). The van der Waals surface area contributed by atoms with Gasteiger partial charge in [0, 0.05) is 15.8 Å². The van der Waals surface area contributed by atoms with Gasteiger partial charge in [0.05, 0.1) is 4.90 Å². The van der Waals surface area contributed by atoms with Crippen molar-refractivity contribution in [1.82, 2.24) is 4.72 Å². The lowest BCUT2D eigenvalue weighted by Crippen LogP contribution is -2.23. The van der Waals surface area contributed by atoms with E-state index in [2.05, 4.69) is 27.3 Å². The molecule has 3 N–H and O–H groups in total. The average molecular weight is 388 g/mol. The van der Waals surface area contributed by atoms with Crippen molar-refractivity contribution in [3.05, 3.63) is 57.7 Å². The molecular formula is C13H13IN2O2S. The van der Waals surface area contributed by atoms with E-state index in [-0.39, 0.29) is 11.4 Å². The van der Waals surface area contributed by atoms with Crippen LogP contribution in [-0.4, -0.2) is 8.42 Å². The molecule has 0 fully saturated rings. The van der Waals surface area contributed by atoms with Crippen molar-refractivity contribution in [2.45, 2.75) is 11.4 Å². The van der Waals surface area contributed by atoms with Gasteiger partial charge in [0.1, 0.15) is 0 Å². The summed E-state index contributed by atoms with van der Waals surface area (Å²) in [4.78, 5) is 0.267. The minimum absolute atomic E-state index is 0.245. The van der Waals surface area contributed by atoms with Crippen LogP contribution in [0, 0.1) is 3.57 Å². The van der Waals surface area contributed by atoms with Crippen molar-refractivity contribution in [1.29, 1.82) is 0 Å². The van der Waals surface area contributed by atoms with E-state index >= 15 is 0 Å². The molecule has 0 radical (unpaired) electrons. The summed E-state index contributed by atoms with van der Waals surface area (Å²) >= 11 is 2.13. The highest BCUT2D eigenvalue weighted by atomic mass is 127. The maximum Gasteiger partial charge on any atom is 0.240 e. The van der Waals surface area contributed by atoms with Crippen molar-refractivity contribution in [3.63, 3.8) is 0 Å². The molecule has 19 heavy (non-hydrogen) atoms. The van der Waals surface area contributed by atoms with Gasteiger partial charge in [-0.3, -0.25) is 0 Å². The number of nitrogens with one attached hydrogen (secondary N) is 1. The molecule has 0 unspecified atom stereocenters. The lowest BCUT2D eigenvalue weighted by Gasteiger charge is -2.07. The minimum atomic E-state index is -3.47. The maximum atomic E-state index is 12.0. The first-order valence-corrected chi connectivity index (χ1v) is 8.13. The number of benzene rings is 2. The van der Waals surface area contributed by atoms with Gasteiger partial charge in [-0.05, 0) is 64.6 Å². The molecule has 4 nitrogen and oxygen atoms in total. The number of hydrogen-bond acceptors (Lipinski definition) is 3. The fraction of sp³-hybridized carbons (Fsp3) is 0.0769. The third-order valence-electron chi connectivity index (χ3n) is 2.57. The van der Waals surface area contributed by atoms with Gasteiger partial charge in [0.2, 0.25) is 10.0 Å². The van der Waals surface area contributed by atoms with Crippen molar-refractivity contribution in [2.75, 3.05) is 5.73 Å². The highest BCUT2D eigenvalue weighted by Gasteiger charge is 2.12. The first kappa shape index (κ1) is 14.3. The first-order valence-electron chi connectivity index (χ1n) is 5.57. The molecule has 0 spiro atoms. The van der Waals surface area contributed by atoms with Gasteiger partial charge in [-0.25, -0.2) is 13.1 Å². The molecule has 0 atom stereocenters. The highest BCUT2D eigenvalue weighted by Crippen LogP contribution is 2.13. The van der Waals surface area contributed by atoms with E-state index in [4.69, 9.17) is 5.73 Å². The molecule has 0 saturated heterocycles. The molecule has 0 aliphatic rings. The third kappa shape index (κ3) is 3.92. The standard InChI is InChI=1S/C13H13IN2O2S/c14-11-3-7-13(8-4-11)19(17,18)16-9-10-1-5-12(15)6-2-10/h1-8,16H,9,15H2. The molecule has 2 aromatic rings. The van der Waals surface area contributed by atoms with Crippen molar-refractivity contribution in [2.24, 2.45) is 0 Å². The second-order valence-electron chi connectivity index (χ2n) is 4.02. The van der Waals surface area contributed by atoms with Gasteiger partial charge in [-0.2, -0.15) is 0 Å². The normalized spacial score (nSPS) is 11.4. The van der Waals surface area contributed by atoms with Gasteiger partial charge in [-0.15, -0.1) is 0 Å². The van der Waals surface area contributed by atoms with Crippen LogP contribution in [0.2, 0.25) is 0 Å².